The maximum absolute atomic E-state index is 15.1. The number of carbonyl (C=O) groups is 4. The van der Waals surface area contributed by atoms with Gasteiger partial charge in [0.1, 0.15) is 11.8 Å². The van der Waals surface area contributed by atoms with Crippen molar-refractivity contribution >= 4 is 40.6 Å². The highest BCUT2D eigenvalue weighted by Crippen LogP contribution is 2.43. The van der Waals surface area contributed by atoms with Crippen LogP contribution in [0.25, 0.3) is 0 Å². The zero-order chi connectivity index (χ0) is 39.1. The molecule has 0 aliphatic carbocycles. The molecule has 3 atom stereocenters. The molecule has 284 valence electrons. The van der Waals surface area contributed by atoms with E-state index in [1.54, 1.807) is 0 Å². The first-order valence-electron chi connectivity index (χ1n) is 19.1. The molecule has 54 heavy (non-hydrogen) atoms. The van der Waals surface area contributed by atoms with Gasteiger partial charge in [-0.25, -0.2) is 0 Å². The zero-order valence-electron chi connectivity index (χ0n) is 32.0. The Morgan fingerprint density at radius 1 is 0.630 bits per heavy atom. The van der Waals surface area contributed by atoms with E-state index in [2.05, 4.69) is 59.2 Å². The van der Waals surface area contributed by atoms with Crippen molar-refractivity contribution < 1.29 is 19.2 Å². The Hall–Kier alpha value is -4.95. The van der Waals surface area contributed by atoms with Crippen molar-refractivity contribution in [2.45, 2.75) is 90.1 Å². The zero-order valence-corrected chi connectivity index (χ0v) is 32.8. The fraction of sp³-hybridized carbons (Fsp3) is 0.370. The number of rotatable bonds is 21. The number of benzene rings is 4. The van der Waals surface area contributed by atoms with Crippen LogP contribution in [0.3, 0.4) is 0 Å². The fourth-order valence-corrected chi connectivity index (χ4v) is 7.63. The number of carbonyl (C=O) groups excluding carboxylic acids is 4. The van der Waals surface area contributed by atoms with Crippen LogP contribution in [-0.4, -0.2) is 40.5 Å². The highest BCUT2D eigenvalue weighted by Gasteiger charge is 2.41. The lowest BCUT2D eigenvalue weighted by atomic mass is 9.65. The predicted octanol–water partition coefficient (Wildman–Crippen LogP) is 7.93. The first kappa shape index (κ1) is 41.8. The van der Waals surface area contributed by atoms with Crippen molar-refractivity contribution in [2.24, 2.45) is 23.5 Å². The van der Waals surface area contributed by atoms with Gasteiger partial charge < -0.3 is 16.4 Å². The molecule has 0 radical (unpaired) electrons. The van der Waals surface area contributed by atoms with Crippen LogP contribution < -0.4 is 16.4 Å². The average molecular weight is 746 g/mol. The highest BCUT2D eigenvalue weighted by molar-refractivity contribution is 7.80. The number of primary amides is 1. The summed E-state index contributed by atoms with van der Waals surface area (Å²) in [7, 11) is 0. The third kappa shape index (κ3) is 11.8. The minimum Gasteiger partial charge on any atom is -0.369 e. The molecular formula is C46H55N3O4S. The summed E-state index contributed by atoms with van der Waals surface area (Å²) < 4.78 is 0. The number of hydrogen-bond donors (Lipinski definition) is 3. The van der Waals surface area contributed by atoms with E-state index in [0.717, 1.165) is 23.1 Å². The average Bonchev–Trinajstić information content (AvgIpc) is 3.15. The van der Waals surface area contributed by atoms with Crippen LogP contribution in [0.2, 0.25) is 0 Å². The number of Topliss-reactive ketones (excluding diaryl/α,β-unsaturated/α-hetero) is 2. The smallest absolute Gasteiger partial charge is 0.243 e. The van der Waals surface area contributed by atoms with Gasteiger partial charge in [0.05, 0.1) is 28.8 Å². The molecule has 4 rings (SSSR count). The first-order chi connectivity index (χ1) is 25.9. The summed E-state index contributed by atoms with van der Waals surface area (Å²) in [4.78, 5) is 54.0. The summed E-state index contributed by atoms with van der Waals surface area (Å²) >= 11 is 6.12. The SMILES string of the molecule is CC(C)C[C@H](NC(=O)[C@H](CC(C)C)NC(=S)C(CCCc1ccccc1)C(=O)CC(c1ccccc1)(c1ccccc1)c1ccccc1)C(=O)CC(N)=O. The van der Waals surface area contributed by atoms with Gasteiger partial charge in [0.15, 0.2) is 5.78 Å². The normalized spacial score (nSPS) is 13.1. The second kappa shape index (κ2) is 20.5. The molecule has 0 heterocycles. The van der Waals surface area contributed by atoms with E-state index in [9.17, 15) is 14.4 Å². The topological polar surface area (TPSA) is 118 Å². The van der Waals surface area contributed by atoms with Crippen molar-refractivity contribution in [3.05, 3.63) is 144 Å². The number of amides is 2. The van der Waals surface area contributed by atoms with E-state index in [4.69, 9.17) is 18.0 Å². The van der Waals surface area contributed by atoms with Crippen LogP contribution in [0.5, 0.6) is 0 Å². The Kier molecular flexibility index (Phi) is 15.9. The second-order valence-corrected chi connectivity index (χ2v) is 15.5. The van der Waals surface area contributed by atoms with Crippen LogP contribution in [0.1, 0.15) is 88.5 Å². The van der Waals surface area contributed by atoms with Gasteiger partial charge in [0, 0.05) is 6.42 Å². The van der Waals surface area contributed by atoms with Crippen LogP contribution in [0, 0.1) is 17.8 Å². The highest BCUT2D eigenvalue weighted by atomic mass is 32.1. The van der Waals surface area contributed by atoms with Gasteiger partial charge in [-0.2, -0.15) is 0 Å². The van der Waals surface area contributed by atoms with Gasteiger partial charge in [-0.1, -0.05) is 161 Å². The fourth-order valence-electron chi connectivity index (χ4n) is 7.24. The number of nitrogens with one attached hydrogen (secondary N) is 2. The van der Waals surface area contributed by atoms with Crippen LogP contribution in [0.15, 0.2) is 121 Å². The number of hydrogen-bond acceptors (Lipinski definition) is 5. The third-order valence-corrected chi connectivity index (χ3v) is 10.2. The Morgan fingerprint density at radius 2 is 1.07 bits per heavy atom. The number of nitrogens with two attached hydrogens (primary N) is 1. The Balaban J connectivity index is 1.72. The molecule has 0 fully saturated rings. The summed E-state index contributed by atoms with van der Waals surface area (Å²) in [5.74, 6) is -2.12. The molecule has 4 aromatic carbocycles. The molecule has 4 aromatic rings. The molecule has 8 heteroatoms. The molecule has 0 aliphatic rings. The third-order valence-electron chi connectivity index (χ3n) is 9.85. The molecule has 0 saturated heterocycles. The second-order valence-electron chi connectivity index (χ2n) is 15.1. The molecule has 4 N–H and O–H groups in total. The largest absolute Gasteiger partial charge is 0.369 e. The maximum atomic E-state index is 15.1. The van der Waals surface area contributed by atoms with Gasteiger partial charge in [0.25, 0.3) is 0 Å². The molecule has 0 aromatic heterocycles. The van der Waals surface area contributed by atoms with E-state index in [1.165, 1.54) is 5.56 Å². The number of thiocarbonyl (C=S) groups is 1. The van der Waals surface area contributed by atoms with Crippen molar-refractivity contribution in [3.63, 3.8) is 0 Å². The lowest BCUT2D eigenvalue weighted by molar-refractivity contribution is -0.132. The molecule has 0 saturated carbocycles. The molecular weight excluding hydrogens is 691 g/mol. The van der Waals surface area contributed by atoms with E-state index >= 15 is 4.79 Å². The Morgan fingerprint density at radius 3 is 1.52 bits per heavy atom. The molecule has 1 unspecified atom stereocenters. The first-order valence-corrected chi connectivity index (χ1v) is 19.5. The minimum absolute atomic E-state index is 0.0323. The maximum Gasteiger partial charge on any atom is 0.243 e. The Labute approximate surface area is 326 Å². The van der Waals surface area contributed by atoms with Gasteiger partial charge in [-0.15, -0.1) is 0 Å². The lowest BCUT2D eigenvalue weighted by Gasteiger charge is -2.37. The summed E-state index contributed by atoms with van der Waals surface area (Å²) in [5, 5.41) is 6.21. The van der Waals surface area contributed by atoms with Crippen LogP contribution in [-0.2, 0) is 31.0 Å². The number of ketones is 2. The monoisotopic (exact) mass is 745 g/mol. The minimum atomic E-state index is -0.874. The molecule has 0 aliphatic heterocycles. The number of aryl methyl sites for hydroxylation is 1. The molecule has 0 bridgehead atoms. The van der Waals surface area contributed by atoms with E-state index in [0.29, 0.717) is 30.7 Å². The summed E-state index contributed by atoms with van der Waals surface area (Å²) in [5.41, 5.74) is 8.68. The summed E-state index contributed by atoms with van der Waals surface area (Å²) in [6.45, 7) is 7.90. The van der Waals surface area contributed by atoms with E-state index < -0.39 is 47.4 Å². The molecule has 7 nitrogen and oxygen atoms in total. The van der Waals surface area contributed by atoms with Crippen molar-refractivity contribution in [3.8, 4) is 0 Å². The predicted molar refractivity (Wildman–Crippen MR) is 221 cm³/mol. The Bertz CT molecular complexity index is 1720. The van der Waals surface area contributed by atoms with Crippen molar-refractivity contribution in [1.29, 1.82) is 0 Å². The van der Waals surface area contributed by atoms with Crippen LogP contribution >= 0.6 is 12.2 Å². The summed E-state index contributed by atoms with van der Waals surface area (Å²) in [6.07, 6.45) is 2.41. The quantitative estimate of drug-likeness (QED) is 0.0453. The van der Waals surface area contributed by atoms with Gasteiger partial charge in [-0.05, 0) is 66.2 Å². The summed E-state index contributed by atoms with van der Waals surface area (Å²) in [6, 6.07) is 38.8. The van der Waals surface area contributed by atoms with Crippen molar-refractivity contribution in [1.82, 2.24) is 10.6 Å². The van der Waals surface area contributed by atoms with E-state index in [-0.39, 0.29) is 24.0 Å². The van der Waals surface area contributed by atoms with Crippen LogP contribution in [0.4, 0.5) is 0 Å². The van der Waals surface area contributed by atoms with Gasteiger partial charge in [0.2, 0.25) is 11.8 Å². The van der Waals surface area contributed by atoms with Gasteiger partial charge in [-0.3, -0.25) is 19.2 Å². The standard InChI is InChI=1S/C46H55N3O4S/c1-32(2)28-39(41(50)30-43(47)52)48-44(53)40(29-33(3)4)49-45(54)38(27-17-20-34-18-9-5-10-19-34)42(51)31-46(35-21-11-6-12-22-35,36-23-13-7-14-24-36)37-25-15-8-16-26-37/h5-16,18-19,21-26,32-33,38-40H,17,20,27-31H2,1-4H3,(H2,47,52)(H,48,53)(H,49,54)/t38?,39-,40-/m0/s1. The van der Waals surface area contributed by atoms with Gasteiger partial charge >= 0.3 is 0 Å². The molecule has 2 amide bonds. The van der Waals surface area contributed by atoms with Crippen molar-refractivity contribution in [2.75, 3.05) is 0 Å². The van der Waals surface area contributed by atoms with E-state index in [1.807, 2.05) is 100 Å². The molecule has 0 spiro atoms. The lowest BCUT2D eigenvalue weighted by Crippen LogP contribution is -2.53.